The Balaban J connectivity index is 3.23. The van der Waals surface area contributed by atoms with Crippen LogP contribution in [-0.2, 0) is 4.79 Å². The van der Waals surface area contributed by atoms with Gasteiger partial charge in [-0.1, -0.05) is 13.8 Å². The number of carbonyl (C=O) groups is 1. The average molecular weight is 255 g/mol. The predicted molar refractivity (Wildman–Crippen MR) is 66.2 cm³/mol. The molecular weight excluding hydrogens is 237 g/mol. The van der Waals surface area contributed by atoms with E-state index in [9.17, 15) is 9.18 Å². The minimum atomic E-state index is -1.00. The first kappa shape index (κ1) is 14.4. The van der Waals surface area contributed by atoms with E-state index >= 15 is 0 Å². The lowest BCUT2D eigenvalue weighted by Crippen LogP contribution is -2.16. The van der Waals surface area contributed by atoms with E-state index in [0.29, 0.717) is 11.1 Å². The molecule has 0 aliphatic heterocycles. The first-order valence-electron chi connectivity index (χ1n) is 5.71. The minimum Gasteiger partial charge on any atom is -0.496 e. The smallest absolute Gasteiger partial charge is 0.305 e. The number of methoxy groups -OCH3 is 1. The van der Waals surface area contributed by atoms with Crippen LogP contribution in [0, 0.1) is 5.82 Å². The summed E-state index contributed by atoms with van der Waals surface area (Å²) < 4.78 is 18.8. The van der Waals surface area contributed by atoms with Crippen molar-refractivity contribution in [1.29, 1.82) is 0 Å². The van der Waals surface area contributed by atoms with Gasteiger partial charge in [-0.25, -0.2) is 4.39 Å². The van der Waals surface area contributed by atoms with Gasteiger partial charge in [0.1, 0.15) is 11.6 Å². The predicted octanol–water partition coefficient (Wildman–Crippen LogP) is 2.43. The molecule has 1 unspecified atom stereocenters. The summed E-state index contributed by atoms with van der Waals surface area (Å²) in [5.74, 6) is -1.09. The molecule has 100 valence electrons. The van der Waals surface area contributed by atoms with E-state index in [2.05, 4.69) is 0 Å². The Morgan fingerprint density at radius 1 is 1.44 bits per heavy atom. The van der Waals surface area contributed by atoms with E-state index in [-0.39, 0.29) is 23.9 Å². The molecule has 4 nitrogen and oxygen atoms in total. The molecule has 3 N–H and O–H groups in total. The largest absolute Gasteiger partial charge is 0.496 e. The number of hydrogen-bond donors (Lipinski definition) is 2. The number of benzene rings is 1. The van der Waals surface area contributed by atoms with Gasteiger partial charge in [-0.15, -0.1) is 0 Å². The topological polar surface area (TPSA) is 72.5 Å². The summed E-state index contributed by atoms with van der Waals surface area (Å²) in [4.78, 5) is 10.7. The van der Waals surface area contributed by atoms with Crippen molar-refractivity contribution in [3.63, 3.8) is 0 Å². The fraction of sp³-hybridized carbons (Fsp3) is 0.462. The fourth-order valence-corrected chi connectivity index (χ4v) is 1.80. The number of halogens is 1. The standard InChI is InChI=1S/C13H18FNO3/c1-7(2)8-4-9(11(15)6-13(16)17)12(18-3)5-10(8)14/h4-5,7,11H,6,15H2,1-3H3,(H,16,17). The van der Waals surface area contributed by atoms with Crippen molar-refractivity contribution < 1.29 is 19.0 Å². The molecule has 0 saturated carbocycles. The Morgan fingerprint density at radius 3 is 2.50 bits per heavy atom. The maximum atomic E-state index is 13.8. The molecule has 1 aromatic rings. The maximum absolute atomic E-state index is 13.8. The molecule has 1 aromatic carbocycles. The number of carboxylic acid groups (broad SMARTS) is 1. The van der Waals surface area contributed by atoms with Crippen LogP contribution < -0.4 is 10.5 Å². The van der Waals surface area contributed by atoms with Crippen molar-refractivity contribution >= 4 is 5.97 Å². The van der Waals surface area contributed by atoms with E-state index in [1.54, 1.807) is 6.07 Å². The van der Waals surface area contributed by atoms with Crippen molar-refractivity contribution in [2.24, 2.45) is 5.73 Å². The van der Waals surface area contributed by atoms with Crippen LogP contribution >= 0.6 is 0 Å². The van der Waals surface area contributed by atoms with Crippen molar-refractivity contribution in [3.8, 4) is 5.75 Å². The van der Waals surface area contributed by atoms with E-state index in [1.807, 2.05) is 13.8 Å². The highest BCUT2D eigenvalue weighted by Gasteiger charge is 2.19. The van der Waals surface area contributed by atoms with Gasteiger partial charge in [-0.05, 0) is 17.5 Å². The molecule has 0 heterocycles. The second-order valence-electron chi connectivity index (χ2n) is 4.47. The molecule has 0 aliphatic rings. The van der Waals surface area contributed by atoms with Crippen molar-refractivity contribution in [2.75, 3.05) is 7.11 Å². The molecule has 0 radical (unpaired) electrons. The SMILES string of the molecule is COc1cc(F)c(C(C)C)cc1C(N)CC(=O)O. The Hall–Kier alpha value is -1.62. The van der Waals surface area contributed by atoms with Crippen LogP contribution in [0.1, 0.15) is 43.4 Å². The van der Waals surface area contributed by atoms with Crippen LogP contribution in [0.3, 0.4) is 0 Å². The zero-order valence-corrected chi connectivity index (χ0v) is 10.7. The highest BCUT2D eigenvalue weighted by Crippen LogP contribution is 2.31. The summed E-state index contributed by atoms with van der Waals surface area (Å²) in [6.07, 6.45) is -0.223. The molecule has 0 saturated heterocycles. The molecule has 0 aromatic heterocycles. The van der Waals surface area contributed by atoms with E-state index < -0.39 is 12.0 Å². The number of aliphatic carboxylic acids is 1. The monoisotopic (exact) mass is 255 g/mol. The minimum absolute atomic E-state index is 0.00770. The Kier molecular flexibility index (Phi) is 4.67. The number of rotatable bonds is 5. The van der Waals surface area contributed by atoms with Crippen LogP contribution in [0.25, 0.3) is 0 Å². The van der Waals surface area contributed by atoms with Gasteiger partial charge >= 0.3 is 5.97 Å². The van der Waals surface area contributed by atoms with Crippen LogP contribution in [0.4, 0.5) is 4.39 Å². The molecular formula is C13H18FNO3. The summed E-state index contributed by atoms with van der Waals surface area (Å²) in [6.45, 7) is 3.72. The first-order valence-corrected chi connectivity index (χ1v) is 5.71. The summed E-state index contributed by atoms with van der Waals surface area (Å²) in [5.41, 5.74) is 6.83. The van der Waals surface area contributed by atoms with Crippen LogP contribution in [0.2, 0.25) is 0 Å². The number of hydrogen-bond acceptors (Lipinski definition) is 3. The van der Waals surface area contributed by atoms with Crippen LogP contribution in [0.5, 0.6) is 5.75 Å². The van der Waals surface area contributed by atoms with Crippen molar-refractivity contribution in [3.05, 3.63) is 29.1 Å². The molecule has 0 spiro atoms. The Bertz CT molecular complexity index is 446. The molecule has 0 aliphatic carbocycles. The molecule has 0 fully saturated rings. The number of nitrogens with two attached hydrogens (primary N) is 1. The van der Waals surface area contributed by atoms with E-state index in [1.165, 1.54) is 13.2 Å². The highest BCUT2D eigenvalue weighted by atomic mass is 19.1. The van der Waals surface area contributed by atoms with E-state index in [4.69, 9.17) is 15.6 Å². The van der Waals surface area contributed by atoms with Crippen molar-refractivity contribution in [1.82, 2.24) is 0 Å². The van der Waals surface area contributed by atoms with Gasteiger partial charge < -0.3 is 15.6 Å². The lowest BCUT2D eigenvalue weighted by Gasteiger charge is -2.17. The van der Waals surface area contributed by atoms with Gasteiger partial charge in [0.15, 0.2) is 0 Å². The zero-order valence-electron chi connectivity index (χ0n) is 10.7. The lowest BCUT2D eigenvalue weighted by molar-refractivity contribution is -0.137. The maximum Gasteiger partial charge on any atom is 0.305 e. The Morgan fingerprint density at radius 2 is 2.06 bits per heavy atom. The van der Waals surface area contributed by atoms with Gasteiger partial charge in [0.05, 0.1) is 13.5 Å². The summed E-state index contributed by atoms with van der Waals surface area (Å²) in [7, 11) is 1.40. The van der Waals surface area contributed by atoms with Gasteiger partial charge in [0.25, 0.3) is 0 Å². The van der Waals surface area contributed by atoms with Crippen LogP contribution in [-0.4, -0.2) is 18.2 Å². The lowest BCUT2D eigenvalue weighted by atomic mass is 9.95. The average Bonchev–Trinajstić information content (AvgIpc) is 2.26. The fourth-order valence-electron chi connectivity index (χ4n) is 1.80. The molecule has 1 rings (SSSR count). The quantitative estimate of drug-likeness (QED) is 0.847. The highest BCUT2D eigenvalue weighted by molar-refractivity contribution is 5.68. The third kappa shape index (κ3) is 3.20. The third-order valence-corrected chi connectivity index (χ3v) is 2.77. The molecule has 0 bridgehead atoms. The third-order valence-electron chi connectivity index (χ3n) is 2.77. The summed E-state index contributed by atoms with van der Waals surface area (Å²) in [6, 6.07) is 2.13. The molecule has 18 heavy (non-hydrogen) atoms. The van der Waals surface area contributed by atoms with Gasteiger partial charge in [0, 0.05) is 17.7 Å². The van der Waals surface area contributed by atoms with Crippen LogP contribution in [0.15, 0.2) is 12.1 Å². The zero-order chi connectivity index (χ0) is 13.9. The van der Waals surface area contributed by atoms with Gasteiger partial charge in [-0.3, -0.25) is 4.79 Å². The number of ether oxygens (including phenoxy) is 1. The van der Waals surface area contributed by atoms with E-state index in [0.717, 1.165) is 0 Å². The van der Waals surface area contributed by atoms with Crippen molar-refractivity contribution in [2.45, 2.75) is 32.2 Å². The molecule has 5 heteroatoms. The molecule has 1 atom stereocenters. The first-order chi connectivity index (χ1) is 8.36. The molecule has 0 amide bonds. The second kappa shape index (κ2) is 5.82. The normalized spacial score (nSPS) is 12.6. The van der Waals surface area contributed by atoms with Gasteiger partial charge in [-0.2, -0.15) is 0 Å². The second-order valence-corrected chi connectivity index (χ2v) is 4.47. The summed E-state index contributed by atoms with van der Waals surface area (Å²) in [5, 5.41) is 8.75. The summed E-state index contributed by atoms with van der Waals surface area (Å²) >= 11 is 0. The Labute approximate surface area is 106 Å². The van der Waals surface area contributed by atoms with Gasteiger partial charge in [0.2, 0.25) is 0 Å². The number of carboxylic acids is 1.